The quantitative estimate of drug-likeness (QED) is 0.258. The number of rotatable bonds is 13. The van der Waals surface area contributed by atoms with E-state index in [0.717, 1.165) is 22.6 Å². The molecule has 0 fully saturated rings. The second-order valence-electron chi connectivity index (χ2n) is 7.02. The highest BCUT2D eigenvalue weighted by atomic mass is 79.9. The highest BCUT2D eigenvalue weighted by Crippen LogP contribution is 2.33. The Bertz CT molecular complexity index is 1100. The van der Waals surface area contributed by atoms with Crippen LogP contribution in [0, 0.1) is 6.92 Å². The molecule has 2 aromatic carbocycles. The summed E-state index contributed by atoms with van der Waals surface area (Å²) in [6.07, 6.45) is -4.79. The van der Waals surface area contributed by atoms with E-state index in [2.05, 4.69) is 26.0 Å². The lowest BCUT2D eigenvalue weighted by Gasteiger charge is -2.14. The fourth-order valence-electron chi connectivity index (χ4n) is 2.82. The maximum atomic E-state index is 12.6. The average Bonchev–Trinajstić information content (AvgIpc) is 2.71. The molecule has 188 valence electrons. The first-order valence-corrected chi connectivity index (χ1v) is 13.4. The third kappa shape index (κ3) is 9.72. The minimum atomic E-state index is -5.01. The third-order valence-corrected chi connectivity index (χ3v) is 7.60. The monoisotopic (exact) mass is 585 g/mol. The van der Waals surface area contributed by atoms with Gasteiger partial charge in [0.1, 0.15) is 16.4 Å². The van der Waals surface area contributed by atoms with Crippen LogP contribution >= 0.6 is 27.7 Å². The molecule has 0 aromatic heterocycles. The van der Waals surface area contributed by atoms with E-state index >= 15 is 0 Å². The highest BCUT2D eigenvalue weighted by Gasteiger charge is 2.34. The minimum Gasteiger partial charge on any atom is -0.482 e. The fraction of sp³-hybridized carbons (Fsp3) is 0.381. The Morgan fingerprint density at radius 1 is 1.15 bits per heavy atom. The van der Waals surface area contributed by atoms with Gasteiger partial charge in [-0.3, -0.25) is 0 Å². The second kappa shape index (κ2) is 12.7. The number of ether oxygens (including phenoxy) is 2. The third-order valence-electron chi connectivity index (χ3n) is 4.28. The number of aryl methyl sites for hydroxylation is 1. The highest BCUT2D eigenvalue weighted by molar-refractivity contribution is 9.10. The number of sulfone groups is 1. The summed E-state index contributed by atoms with van der Waals surface area (Å²) >= 11 is 4.57. The first-order chi connectivity index (χ1) is 15.9. The number of thioether (sulfide) groups is 1. The summed E-state index contributed by atoms with van der Waals surface area (Å²) in [6, 6.07) is 8.82. The molecule has 0 aliphatic carbocycles. The van der Waals surface area contributed by atoms with E-state index < -0.39 is 39.4 Å². The number of carboxylic acid groups (broad SMARTS) is 1. The largest absolute Gasteiger partial charge is 0.573 e. The number of nitrogens with one attached hydrogen (secondary N) is 1. The smallest absolute Gasteiger partial charge is 0.482 e. The van der Waals surface area contributed by atoms with Crippen molar-refractivity contribution in [2.75, 3.05) is 31.2 Å². The Morgan fingerprint density at radius 3 is 2.53 bits per heavy atom. The number of hydrogen-bond acceptors (Lipinski definition) is 7. The van der Waals surface area contributed by atoms with Crippen molar-refractivity contribution in [1.29, 1.82) is 0 Å². The van der Waals surface area contributed by atoms with Gasteiger partial charge in [-0.2, -0.15) is 0 Å². The van der Waals surface area contributed by atoms with Crippen molar-refractivity contribution >= 4 is 43.5 Å². The summed E-state index contributed by atoms with van der Waals surface area (Å²) in [5.41, 5.74) is 0.811. The van der Waals surface area contributed by atoms with E-state index in [-0.39, 0.29) is 16.6 Å². The Labute approximate surface area is 208 Å². The molecule has 0 aliphatic rings. The van der Waals surface area contributed by atoms with Crippen molar-refractivity contribution in [2.45, 2.75) is 29.5 Å². The van der Waals surface area contributed by atoms with E-state index in [1.807, 2.05) is 19.1 Å². The molecule has 0 saturated carbocycles. The Morgan fingerprint density at radius 2 is 1.88 bits per heavy atom. The van der Waals surface area contributed by atoms with Gasteiger partial charge in [-0.15, -0.1) is 24.9 Å². The summed E-state index contributed by atoms with van der Waals surface area (Å²) in [5.74, 6) is -0.956. The van der Waals surface area contributed by atoms with Gasteiger partial charge in [0.25, 0.3) is 0 Å². The topological polar surface area (TPSA) is 102 Å². The molecule has 13 heteroatoms. The van der Waals surface area contributed by atoms with Crippen LogP contribution in [0.4, 0.5) is 13.2 Å². The molecule has 0 saturated heterocycles. The van der Waals surface area contributed by atoms with Crippen LogP contribution < -0.4 is 14.8 Å². The molecule has 2 aromatic rings. The van der Waals surface area contributed by atoms with Crippen molar-refractivity contribution in [3.8, 4) is 11.5 Å². The van der Waals surface area contributed by atoms with Gasteiger partial charge in [0.2, 0.25) is 0 Å². The van der Waals surface area contributed by atoms with Gasteiger partial charge in [-0.05, 0) is 61.9 Å². The van der Waals surface area contributed by atoms with Gasteiger partial charge in [0.05, 0.1) is 5.75 Å². The zero-order valence-corrected chi connectivity index (χ0v) is 21.2. The predicted molar refractivity (Wildman–Crippen MR) is 125 cm³/mol. The number of hydrogen-bond donors (Lipinski definition) is 2. The van der Waals surface area contributed by atoms with Crippen LogP contribution in [0.2, 0.25) is 0 Å². The van der Waals surface area contributed by atoms with Crippen LogP contribution in [-0.4, -0.2) is 57.1 Å². The summed E-state index contributed by atoms with van der Waals surface area (Å²) in [7, 11) is -3.97. The lowest BCUT2D eigenvalue weighted by atomic mass is 10.2. The van der Waals surface area contributed by atoms with E-state index in [9.17, 15) is 26.4 Å². The van der Waals surface area contributed by atoms with Gasteiger partial charge in [-0.1, -0.05) is 15.9 Å². The van der Waals surface area contributed by atoms with E-state index in [1.54, 1.807) is 17.8 Å². The van der Waals surface area contributed by atoms with Gasteiger partial charge in [0, 0.05) is 21.7 Å². The number of halogens is 4. The SMILES string of the molecule is Cc1cc(SCCNCCCS(=O)(=O)c2ccc(Br)cc2OC(F)(F)F)ccc1OCC(=O)O. The average molecular weight is 586 g/mol. The van der Waals surface area contributed by atoms with Crippen molar-refractivity contribution in [2.24, 2.45) is 0 Å². The molecule has 0 radical (unpaired) electrons. The van der Waals surface area contributed by atoms with Crippen molar-refractivity contribution in [3.63, 3.8) is 0 Å². The van der Waals surface area contributed by atoms with Crippen molar-refractivity contribution in [3.05, 3.63) is 46.4 Å². The van der Waals surface area contributed by atoms with Gasteiger partial charge >= 0.3 is 12.3 Å². The second-order valence-corrected chi connectivity index (χ2v) is 11.2. The van der Waals surface area contributed by atoms with Gasteiger partial charge in [-0.25, -0.2) is 13.2 Å². The maximum absolute atomic E-state index is 12.6. The summed E-state index contributed by atoms with van der Waals surface area (Å²) in [4.78, 5) is 11.1. The zero-order valence-electron chi connectivity index (χ0n) is 18.0. The van der Waals surface area contributed by atoms with Crippen LogP contribution in [0.5, 0.6) is 11.5 Å². The fourth-order valence-corrected chi connectivity index (χ4v) is 5.49. The Balaban J connectivity index is 1.77. The lowest BCUT2D eigenvalue weighted by molar-refractivity contribution is -0.275. The number of benzene rings is 2. The number of aliphatic carboxylic acids is 1. The van der Waals surface area contributed by atoms with Crippen LogP contribution in [0.1, 0.15) is 12.0 Å². The van der Waals surface area contributed by atoms with Crippen LogP contribution in [0.3, 0.4) is 0 Å². The van der Waals surface area contributed by atoms with Crippen molar-refractivity contribution < 1.29 is 41.0 Å². The first kappa shape index (κ1) is 28.3. The Kier molecular flexibility index (Phi) is 10.5. The molecule has 7 nitrogen and oxygen atoms in total. The molecule has 0 unspecified atom stereocenters. The standard InChI is InChI=1S/C21H23BrF3NO6S2/c1-14-11-16(4-5-17(14)31-13-20(27)28)33-9-8-26-7-2-10-34(29,30)19-6-3-15(22)12-18(19)32-21(23,24)25/h3-6,11-12,26H,2,7-10,13H2,1H3,(H,27,28). The number of carboxylic acids is 1. The molecule has 34 heavy (non-hydrogen) atoms. The molecule has 2 N–H and O–H groups in total. The molecular formula is C21H23BrF3NO6S2. The summed E-state index contributed by atoms with van der Waals surface area (Å²) in [6.45, 7) is 2.36. The molecule has 0 atom stereocenters. The van der Waals surface area contributed by atoms with E-state index in [0.29, 0.717) is 24.6 Å². The summed E-state index contributed by atoms with van der Waals surface area (Å²) < 4.78 is 72.3. The van der Waals surface area contributed by atoms with Crippen LogP contribution in [0.15, 0.2) is 50.7 Å². The number of alkyl halides is 3. The van der Waals surface area contributed by atoms with E-state index in [1.165, 1.54) is 6.07 Å². The molecule has 0 heterocycles. The first-order valence-electron chi connectivity index (χ1n) is 9.94. The van der Waals surface area contributed by atoms with Gasteiger partial charge in [0.15, 0.2) is 16.4 Å². The minimum absolute atomic E-state index is 0.212. The molecule has 0 aliphatic heterocycles. The molecule has 0 spiro atoms. The lowest BCUT2D eigenvalue weighted by Crippen LogP contribution is -2.22. The molecule has 2 rings (SSSR count). The van der Waals surface area contributed by atoms with E-state index in [4.69, 9.17) is 9.84 Å². The predicted octanol–water partition coefficient (Wildman–Crippen LogP) is 4.67. The molecule has 0 amide bonds. The maximum Gasteiger partial charge on any atom is 0.573 e. The Hall–Kier alpha value is -1.96. The normalized spacial score (nSPS) is 11.9. The number of carbonyl (C=O) groups is 1. The van der Waals surface area contributed by atoms with Crippen LogP contribution in [0.25, 0.3) is 0 Å². The molecular weight excluding hydrogens is 563 g/mol. The zero-order chi connectivity index (χ0) is 25.4. The molecule has 0 bridgehead atoms. The summed E-state index contributed by atoms with van der Waals surface area (Å²) in [5, 5.41) is 11.8. The van der Waals surface area contributed by atoms with Gasteiger partial charge < -0.3 is 19.9 Å². The van der Waals surface area contributed by atoms with Crippen LogP contribution in [-0.2, 0) is 14.6 Å². The van der Waals surface area contributed by atoms with Crippen molar-refractivity contribution in [1.82, 2.24) is 5.32 Å².